The first-order valence-corrected chi connectivity index (χ1v) is 7.04. The average molecular weight is 278 g/mol. The molecule has 1 rings (SSSR count). The zero-order valence-corrected chi connectivity index (χ0v) is 12.7. The summed E-state index contributed by atoms with van der Waals surface area (Å²) in [5.41, 5.74) is 6.66. The van der Waals surface area contributed by atoms with Crippen molar-refractivity contribution >= 4 is 5.91 Å². The van der Waals surface area contributed by atoms with Gasteiger partial charge in [-0.05, 0) is 38.2 Å². The fraction of sp³-hybridized carbons (Fsp3) is 0.600. The summed E-state index contributed by atoms with van der Waals surface area (Å²) in [5.74, 6) is 0.381. The van der Waals surface area contributed by atoms with Crippen molar-refractivity contribution in [3.05, 3.63) is 30.1 Å². The van der Waals surface area contributed by atoms with E-state index >= 15 is 0 Å². The number of nitrogens with two attached hydrogens (primary N) is 1. The lowest BCUT2D eigenvalue weighted by Crippen LogP contribution is -2.37. The van der Waals surface area contributed by atoms with Crippen molar-refractivity contribution in [3.8, 4) is 0 Å². The van der Waals surface area contributed by atoms with Crippen molar-refractivity contribution in [3.63, 3.8) is 0 Å². The lowest BCUT2D eigenvalue weighted by atomic mass is 10.1. The van der Waals surface area contributed by atoms with Gasteiger partial charge in [0.25, 0.3) is 0 Å². The monoisotopic (exact) mass is 278 g/mol. The number of amides is 1. The van der Waals surface area contributed by atoms with E-state index in [4.69, 9.17) is 5.73 Å². The van der Waals surface area contributed by atoms with Crippen molar-refractivity contribution in [2.45, 2.75) is 19.9 Å². The molecule has 0 bridgehead atoms. The number of carbonyl (C=O) groups excluding carboxylic acids is 1. The maximum absolute atomic E-state index is 12.4. The summed E-state index contributed by atoms with van der Waals surface area (Å²) in [4.78, 5) is 20.4. The summed E-state index contributed by atoms with van der Waals surface area (Å²) in [7, 11) is 4.02. The predicted octanol–water partition coefficient (Wildman–Crippen LogP) is 0.957. The van der Waals surface area contributed by atoms with Gasteiger partial charge in [-0.1, -0.05) is 13.0 Å². The number of aromatic nitrogens is 1. The van der Waals surface area contributed by atoms with Crippen LogP contribution in [-0.2, 0) is 11.3 Å². The van der Waals surface area contributed by atoms with Gasteiger partial charge < -0.3 is 15.5 Å². The van der Waals surface area contributed by atoms with Crippen molar-refractivity contribution in [1.29, 1.82) is 0 Å². The van der Waals surface area contributed by atoms with E-state index in [9.17, 15) is 4.79 Å². The van der Waals surface area contributed by atoms with Crippen LogP contribution in [0.1, 0.15) is 18.9 Å². The molecule has 1 aromatic heterocycles. The van der Waals surface area contributed by atoms with E-state index in [-0.39, 0.29) is 11.8 Å². The first-order chi connectivity index (χ1) is 9.52. The van der Waals surface area contributed by atoms with Gasteiger partial charge in [-0.15, -0.1) is 0 Å². The van der Waals surface area contributed by atoms with E-state index in [1.54, 1.807) is 6.20 Å². The predicted molar refractivity (Wildman–Crippen MR) is 81.0 cm³/mol. The minimum absolute atomic E-state index is 0.161. The van der Waals surface area contributed by atoms with Gasteiger partial charge in [-0.3, -0.25) is 9.78 Å². The highest BCUT2D eigenvalue weighted by molar-refractivity contribution is 5.76. The minimum Gasteiger partial charge on any atom is -0.337 e. The molecule has 1 amide bonds. The van der Waals surface area contributed by atoms with E-state index in [0.717, 1.165) is 18.7 Å². The van der Waals surface area contributed by atoms with Crippen LogP contribution in [-0.4, -0.2) is 54.4 Å². The standard InChI is InChI=1S/C15H26N4O/c1-13(10-16)9-15(20)19(8-7-18(2)3)12-14-5-4-6-17-11-14/h4-6,11,13H,7-10,12,16H2,1-3H3. The molecule has 0 aliphatic heterocycles. The number of pyridine rings is 1. The third-order valence-electron chi connectivity index (χ3n) is 3.19. The molecule has 1 atom stereocenters. The molecule has 1 heterocycles. The highest BCUT2D eigenvalue weighted by Crippen LogP contribution is 2.08. The number of rotatable bonds is 8. The van der Waals surface area contributed by atoms with Crippen LogP contribution in [0.2, 0.25) is 0 Å². The summed E-state index contributed by atoms with van der Waals surface area (Å²) in [6.07, 6.45) is 4.05. The SMILES string of the molecule is CC(CN)CC(=O)N(CCN(C)C)Cc1cccnc1. The Bertz CT molecular complexity index is 394. The van der Waals surface area contributed by atoms with Crippen molar-refractivity contribution in [1.82, 2.24) is 14.8 Å². The molecule has 5 heteroatoms. The molecule has 0 aliphatic carbocycles. The van der Waals surface area contributed by atoms with E-state index in [0.29, 0.717) is 19.5 Å². The lowest BCUT2D eigenvalue weighted by molar-refractivity contribution is -0.132. The number of hydrogen-bond donors (Lipinski definition) is 1. The smallest absolute Gasteiger partial charge is 0.223 e. The summed E-state index contributed by atoms with van der Waals surface area (Å²) < 4.78 is 0. The zero-order valence-electron chi connectivity index (χ0n) is 12.7. The second-order valence-electron chi connectivity index (χ2n) is 5.52. The molecule has 0 aromatic carbocycles. The highest BCUT2D eigenvalue weighted by Gasteiger charge is 2.16. The Hall–Kier alpha value is -1.46. The van der Waals surface area contributed by atoms with Crippen LogP contribution in [0.15, 0.2) is 24.5 Å². The van der Waals surface area contributed by atoms with Crippen LogP contribution in [0.3, 0.4) is 0 Å². The van der Waals surface area contributed by atoms with Gasteiger partial charge in [0.1, 0.15) is 0 Å². The first-order valence-electron chi connectivity index (χ1n) is 7.04. The molecular weight excluding hydrogens is 252 g/mol. The van der Waals surface area contributed by atoms with Gasteiger partial charge in [0.2, 0.25) is 5.91 Å². The highest BCUT2D eigenvalue weighted by atomic mass is 16.2. The normalized spacial score (nSPS) is 12.4. The maximum atomic E-state index is 12.4. The Morgan fingerprint density at radius 1 is 1.40 bits per heavy atom. The van der Waals surface area contributed by atoms with E-state index in [2.05, 4.69) is 9.88 Å². The molecule has 0 saturated carbocycles. The van der Waals surface area contributed by atoms with Gasteiger partial charge in [0.15, 0.2) is 0 Å². The first kappa shape index (κ1) is 16.6. The number of hydrogen-bond acceptors (Lipinski definition) is 4. The van der Waals surface area contributed by atoms with Crippen LogP contribution in [0, 0.1) is 5.92 Å². The van der Waals surface area contributed by atoms with Gasteiger partial charge in [0.05, 0.1) is 0 Å². The Balaban J connectivity index is 2.66. The summed E-state index contributed by atoms with van der Waals surface area (Å²) in [6.45, 7) is 4.73. The fourth-order valence-corrected chi connectivity index (χ4v) is 1.84. The summed E-state index contributed by atoms with van der Waals surface area (Å²) in [6, 6.07) is 3.89. The molecule has 20 heavy (non-hydrogen) atoms. The van der Waals surface area contributed by atoms with Crippen LogP contribution in [0.25, 0.3) is 0 Å². The number of carbonyl (C=O) groups is 1. The summed E-state index contributed by atoms with van der Waals surface area (Å²) >= 11 is 0. The molecule has 0 spiro atoms. The van der Waals surface area contributed by atoms with Gasteiger partial charge in [0, 0.05) is 38.4 Å². The topological polar surface area (TPSA) is 62.5 Å². The molecule has 0 saturated heterocycles. The van der Waals surface area contributed by atoms with Gasteiger partial charge in [-0.2, -0.15) is 0 Å². The third kappa shape index (κ3) is 6.12. The molecule has 1 unspecified atom stereocenters. The lowest BCUT2D eigenvalue weighted by Gasteiger charge is -2.25. The van der Waals surface area contributed by atoms with E-state index in [1.807, 2.05) is 44.2 Å². The van der Waals surface area contributed by atoms with Crippen LogP contribution < -0.4 is 5.73 Å². The molecule has 112 valence electrons. The fourth-order valence-electron chi connectivity index (χ4n) is 1.84. The molecule has 2 N–H and O–H groups in total. The van der Waals surface area contributed by atoms with Crippen molar-refractivity contribution in [2.24, 2.45) is 11.7 Å². The van der Waals surface area contributed by atoms with E-state index < -0.39 is 0 Å². The largest absolute Gasteiger partial charge is 0.337 e. The Labute approximate surface area is 121 Å². The minimum atomic E-state index is 0.161. The van der Waals surface area contributed by atoms with Crippen LogP contribution >= 0.6 is 0 Å². The molecular formula is C15H26N4O. The van der Waals surface area contributed by atoms with Crippen molar-refractivity contribution < 1.29 is 4.79 Å². The van der Waals surface area contributed by atoms with Crippen LogP contribution in [0.4, 0.5) is 0 Å². The van der Waals surface area contributed by atoms with Crippen LogP contribution in [0.5, 0.6) is 0 Å². The Morgan fingerprint density at radius 3 is 2.70 bits per heavy atom. The number of nitrogens with zero attached hydrogens (tertiary/aromatic N) is 3. The van der Waals surface area contributed by atoms with Gasteiger partial charge in [-0.25, -0.2) is 0 Å². The molecule has 5 nitrogen and oxygen atoms in total. The average Bonchev–Trinajstić information content (AvgIpc) is 2.44. The quantitative estimate of drug-likeness (QED) is 0.769. The molecule has 0 radical (unpaired) electrons. The van der Waals surface area contributed by atoms with E-state index in [1.165, 1.54) is 0 Å². The summed E-state index contributed by atoms with van der Waals surface area (Å²) in [5, 5.41) is 0. The van der Waals surface area contributed by atoms with Gasteiger partial charge >= 0.3 is 0 Å². The Kier molecular flexibility index (Phi) is 7.18. The Morgan fingerprint density at radius 2 is 2.15 bits per heavy atom. The molecule has 0 aliphatic rings. The maximum Gasteiger partial charge on any atom is 0.223 e. The third-order valence-corrected chi connectivity index (χ3v) is 3.19. The molecule has 0 fully saturated rings. The molecule has 1 aromatic rings. The number of likely N-dealkylation sites (N-methyl/N-ethyl adjacent to an activating group) is 1. The zero-order chi connectivity index (χ0) is 15.0. The second kappa shape index (κ2) is 8.66. The van der Waals surface area contributed by atoms with Crippen molar-refractivity contribution in [2.75, 3.05) is 33.7 Å². The second-order valence-corrected chi connectivity index (χ2v) is 5.52.